The molecule has 6 heteroatoms. The van der Waals surface area contributed by atoms with E-state index in [1.807, 2.05) is 64.3 Å². The first-order valence-electron chi connectivity index (χ1n) is 12.0. The zero-order valence-corrected chi connectivity index (χ0v) is 22.7. The Morgan fingerprint density at radius 3 is 2.41 bits per heavy atom. The van der Waals surface area contributed by atoms with E-state index in [0.29, 0.717) is 11.4 Å². The van der Waals surface area contributed by atoms with Gasteiger partial charge in [-0.2, -0.15) is 5.26 Å². The summed E-state index contributed by atoms with van der Waals surface area (Å²) in [6.45, 7) is 4.55. The number of fused-ring (bicyclic) bond motifs is 1. The van der Waals surface area contributed by atoms with Crippen LogP contribution in [0.2, 0.25) is 0 Å². The highest BCUT2D eigenvalue weighted by molar-refractivity contribution is 7.90. The molecular formula is C31H31N3O2S. The minimum atomic E-state index is -3.25. The zero-order chi connectivity index (χ0) is 26.8. The predicted octanol–water partition coefficient (Wildman–Crippen LogP) is 6.21. The first-order chi connectivity index (χ1) is 17.5. The van der Waals surface area contributed by atoms with Crippen LogP contribution in [0.4, 0.5) is 0 Å². The van der Waals surface area contributed by atoms with Crippen molar-refractivity contribution in [1.82, 2.24) is 9.88 Å². The van der Waals surface area contributed by atoms with Gasteiger partial charge in [0, 0.05) is 29.9 Å². The Kier molecular flexibility index (Phi) is 7.31. The molecule has 0 saturated heterocycles. The fourth-order valence-electron chi connectivity index (χ4n) is 4.31. The number of likely N-dealkylation sites (N-methyl/N-ethyl adjacent to an activating group) is 1. The number of nitriles is 1. The van der Waals surface area contributed by atoms with Gasteiger partial charge >= 0.3 is 0 Å². The molecule has 0 saturated carbocycles. The Hall–Kier alpha value is -3.79. The van der Waals surface area contributed by atoms with E-state index in [9.17, 15) is 13.7 Å². The molecule has 0 amide bonds. The molecule has 188 valence electrons. The number of aromatic nitrogens is 1. The van der Waals surface area contributed by atoms with E-state index in [1.54, 1.807) is 18.3 Å². The number of hydrogen-bond acceptors (Lipinski definition) is 5. The molecule has 0 radical (unpaired) electrons. The third-order valence-electron chi connectivity index (χ3n) is 6.38. The van der Waals surface area contributed by atoms with Gasteiger partial charge in [-0.05, 0) is 98.2 Å². The monoisotopic (exact) mass is 509 g/mol. The second-order valence-corrected chi connectivity index (χ2v) is 12.2. The van der Waals surface area contributed by atoms with Gasteiger partial charge in [-0.1, -0.05) is 36.4 Å². The molecule has 37 heavy (non-hydrogen) atoms. The number of rotatable bonds is 7. The highest BCUT2D eigenvalue weighted by atomic mass is 32.2. The van der Waals surface area contributed by atoms with Crippen LogP contribution in [0.25, 0.3) is 33.7 Å². The van der Waals surface area contributed by atoms with E-state index in [0.717, 1.165) is 44.3 Å². The lowest BCUT2D eigenvalue weighted by Gasteiger charge is -2.19. The van der Waals surface area contributed by atoms with E-state index in [-0.39, 0.29) is 0 Å². The largest absolute Gasteiger partial charge is 0.305 e. The summed E-state index contributed by atoms with van der Waals surface area (Å²) in [7, 11) is 0.765. The highest BCUT2D eigenvalue weighted by Gasteiger charge is 2.22. The standard InChI is InChI=1S/C31H31N3O2S/c1-31(2,21-32)27-18-25-10-7-15-33-30(25)29(19-27)24-9-6-8-22(16-24)17-26(20-34(3)4)23-11-13-28(14-12-23)37(5,35)36/h6-19H,20H2,1-5H3/b26-17+. The normalized spacial score (nSPS) is 12.6. The molecule has 4 aromatic rings. The molecule has 5 nitrogen and oxygen atoms in total. The maximum atomic E-state index is 11.9. The van der Waals surface area contributed by atoms with Crippen molar-refractivity contribution in [3.8, 4) is 17.2 Å². The fourth-order valence-corrected chi connectivity index (χ4v) is 4.94. The summed E-state index contributed by atoms with van der Waals surface area (Å²) >= 11 is 0. The lowest BCUT2D eigenvalue weighted by Crippen LogP contribution is -2.14. The van der Waals surface area contributed by atoms with E-state index >= 15 is 0 Å². The molecule has 0 fully saturated rings. The number of sulfone groups is 1. The summed E-state index contributed by atoms with van der Waals surface area (Å²) in [5.41, 5.74) is 6.28. The molecule has 3 aromatic carbocycles. The van der Waals surface area contributed by atoms with E-state index in [4.69, 9.17) is 0 Å². The molecule has 0 aliphatic carbocycles. The van der Waals surface area contributed by atoms with Crippen LogP contribution in [0.5, 0.6) is 0 Å². The van der Waals surface area contributed by atoms with Crippen LogP contribution in [0.1, 0.15) is 30.5 Å². The van der Waals surface area contributed by atoms with Gasteiger partial charge < -0.3 is 4.90 Å². The minimum absolute atomic E-state index is 0.307. The van der Waals surface area contributed by atoms with Crippen molar-refractivity contribution in [3.05, 3.63) is 95.7 Å². The maximum absolute atomic E-state index is 11.9. The lowest BCUT2D eigenvalue weighted by molar-refractivity contribution is 0.463. The molecule has 0 atom stereocenters. The molecule has 0 spiro atoms. The molecule has 0 unspecified atom stereocenters. The van der Waals surface area contributed by atoms with Crippen LogP contribution in [0.15, 0.2) is 83.9 Å². The summed E-state index contributed by atoms with van der Waals surface area (Å²) in [5, 5.41) is 10.8. The second kappa shape index (κ2) is 10.3. The summed E-state index contributed by atoms with van der Waals surface area (Å²) in [4.78, 5) is 7.05. The molecule has 1 aromatic heterocycles. The van der Waals surface area contributed by atoms with E-state index in [2.05, 4.69) is 46.3 Å². The minimum Gasteiger partial charge on any atom is -0.305 e. The van der Waals surface area contributed by atoms with Crippen LogP contribution in [0, 0.1) is 11.3 Å². The maximum Gasteiger partial charge on any atom is 0.175 e. The summed E-state index contributed by atoms with van der Waals surface area (Å²) in [5.74, 6) is 0. The molecule has 1 heterocycles. The summed E-state index contributed by atoms with van der Waals surface area (Å²) in [6, 6.07) is 25.8. The Balaban J connectivity index is 1.83. The summed E-state index contributed by atoms with van der Waals surface area (Å²) in [6.07, 6.45) is 5.15. The number of nitrogens with zero attached hydrogens (tertiary/aromatic N) is 3. The Morgan fingerprint density at radius 1 is 1.03 bits per heavy atom. The number of pyridine rings is 1. The Bertz CT molecular complexity index is 1630. The van der Waals surface area contributed by atoms with E-state index in [1.165, 1.54) is 6.26 Å². The molecule has 0 aliphatic heterocycles. The first-order valence-corrected chi connectivity index (χ1v) is 13.9. The van der Waals surface area contributed by atoms with Crippen molar-refractivity contribution in [3.63, 3.8) is 0 Å². The lowest BCUT2D eigenvalue weighted by atomic mass is 9.83. The molecule has 0 bridgehead atoms. The van der Waals surface area contributed by atoms with Gasteiger partial charge in [0.15, 0.2) is 9.84 Å². The third kappa shape index (κ3) is 5.96. The van der Waals surface area contributed by atoms with Crippen molar-refractivity contribution in [1.29, 1.82) is 5.26 Å². The molecule has 0 N–H and O–H groups in total. The molecule has 0 aliphatic rings. The van der Waals surface area contributed by atoms with E-state index < -0.39 is 15.3 Å². The zero-order valence-electron chi connectivity index (χ0n) is 21.9. The number of benzene rings is 3. The average molecular weight is 510 g/mol. The SMILES string of the molecule is CN(C)C/C(=C\c1cccc(-c2cc(C(C)(C)C#N)cc3cccnc23)c1)c1ccc(S(C)(=O)=O)cc1. The van der Waals surface area contributed by atoms with Gasteiger partial charge in [-0.25, -0.2) is 8.42 Å². The topological polar surface area (TPSA) is 74.1 Å². The van der Waals surface area contributed by atoms with Crippen LogP contribution in [-0.4, -0.2) is 45.2 Å². The quantitative estimate of drug-likeness (QED) is 0.277. The fraction of sp³-hybridized carbons (Fsp3) is 0.226. The number of hydrogen-bond donors (Lipinski definition) is 0. The van der Waals surface area contributed by atoms with Crippen LogP contribution >= 0.6 is 0 Å². The predicted molar refractivity (Wildman–Crippen MR) is 152 cm³/mol. The van der Waals surface area contributed by atoms with Crippen molar-refractivity contribution in [2.24, 2.45) is 0 Å². The van der Waals surface area contributed by atoms with Crippen LogP contribution < -0.4 is 0 Å². The van der Waals surface area contributed by atoms with Crippen molar-refractivity contribution >= 4 is 32.4 Å². The Morgan fingerprint density at radius 2 is 1.76 bits per heavy atom. The Labute approximate surface area is 219 Å². The van der Waals surface area contributed by atoms with Gasteiger partial charge in [-0.3, -0.25) is 4.98 Å². The van der Waals surface area contributed by atoms with Gasteiger partial charge in [-0.15, -0.1) is 0 Å². The van der Waals surface area contributed by atoms with Crippen molar-refractivity contribution in [2.45, 2.75) is 24.2 Å². The van der Waals surface area contributed by atoms with Crippen LogP contribution in [0.3, 0.4) is 0 Å². The van der Waals surface area contributed by atoms with Gasteiger partial charge in [0.05, 0.1) is 21.9 Å². The molecule has 4 rings (SSSR count). The van der Waals surface area contributed by atoms with Crippen LogP contribution in [-0.2, 0) is 15.3 Å². The summed E-state index contributed by atoms with van der Waals surface area (Å²) < 4.78 is 23.8. The van der Waals surface area contributed by atoms with Crippen molar-refractivity contribution < 1.29 is 8.42 Å². The van der Waals surface area contributed by atoms with Gasteiger partial charge in [0.2, 0.25) is 0 Å². The second-order valence-electron chi connectivity index (χ2n) is 10.2. The average Bonchev–Trinajstić information content (AvgIpc) is 2.87. The van der Waals surface area contributed by atoms with Gasteiger partial charge in [0.25, 0.3) is 0 Å². The van der Waals surface area contributed by atoms with Gasteiger partial charge in [0.1, 0.15) is 0 Å². The smallest absolute Gasteiger partial charge is 0.175 e. The third-order valence-corrected chi connectivity index (χ3v) is 7.51. The highest BCUT2D eigenvalue weighted by Crippen LogP contribution is 2.34. The molecular weight excluding hydrogens is 478 g/mol. The van der Waals surface area contributed by atoms with Crippen molar-refractivity contribution in [2.75, 3.05) is 26.9 Å². The first kappa shape index (κ1) is 26.3.